The van der Waals surface area contributed by atoms with Crippen molar-refractivity contribution >= 4 is 11.6 Å². The highest BCUT2D eigenvalue weighted by atomic mass is 16.3. The number of fused-ring (bicyclic) bond motifs is 1. The van der Waals surface area contributed by atoms with Crippen LogP contribution in [0.25, 0.3) is 0 Å². The Bertz CT molecular complexity index is 565. The number of aliphatic hydroxyl groups excluding tert-OH is 1. The fourth-order valence-corrected chi connectivity index (χ4v) is 2.17. The number of benzene rings is 1. The van der Waals surface area contributed by atoms with E-state index in [2.05, 4.69) is 0 Å². The van der Waals surface area contributed by atoms with Crippen LogP contribution in [0.3, 0.4) is 0 Å². The van der Waals surface area contributed by atoms with Crippen LogP contribution in [-0.2, 0) is 0 Å². The van der Waals surface area contributed by atoms with Crippen LogP contribution in [0.5, 0.6) is 0 Å². The average Bonchev–Trinajstić information content (AvgIpc) is 2.36. The third-order valence-electron chi connectivity index (χ3n) is 3.66. The van der Waals surface area contributed by atoms with Gasteiger partial charge in [-0.05, 0) is 11.8 Å². The summed E-state index contributed by atoms with van der Waals surface area (Å²) in [6, 6.07) is 6.62. The summed E-state index contributed by atoms with van der Waals surface area (Å²) >= 11 is 0. The van der Waals surface area contributed by atoms with Crippen LogP contribution in [0.1, 0.15) is 47.9 Å². The van der Waals surface area contributed by atoms with Crippen LogP contribution in [0.4, 0.5) is 0 Å². The molecule has 0 unspecified atom stereocenters. The van der Waals surface area contributed by atoms with Crippen molar-refractivity contribution in [1.82, 2.24) is 0 Å². The number of hydrogen-bond acceptors (Lipinski definition) is 3. The van der Waals surface area contributed by atoms with Gasteiger partial charge in [0.25, 0.3) is 0 Å². The summed E-state index contributed by atoms with van der Waals surface area (Å²) < 4.78 is 0. The van der Waals surface area contributed by atoms with E-state index in [1.807, 2.05) is 20.8 Å². The zero-order chi connectivity index (χ0) is 13.5. The highest BCUT2D eigenvalue weighted by Gasteiger charge is 2.38. The van der Waals surface area contributed by atoms with Crippen molar-refractivity contribution in [2.45, 2.75) is 27.2 Å². The normalized spacial score (nSPS) is 15.9. The molecule has 2 rings (SSSR count). The van der Waals surface area contributed by atoms with Crippen LogP contribution >= 0.6 is 0 Å². The van der Waals surface area contributed by atoms with Crippen molar-refractivity contribution in [3.8, 4) is 0 Å². The molecule has 3 heteroatoms. The topological polar surface area (TPSA) is 54.4 Å². The maximum Gasteiger partial charge on any atom is 0.228 e. The lowest BCUT2D eigenvalue weighted by Gasteiger charge is -2.29. The molecule has 1 aromatic rings. The number of carbonyl (C=O) groups excluding carboxylic acids is 2. The number of carbonyl (C=O) groups is 2. The Morgan fingerprint density at radius 3 is 2.06 bits per heavy atom. The van der Waals surface area contributed by atoms with Crippen LogP contribution in [0.15, 0.2) is 35.6 Å². The van der Waals surface area contributed by atoms with Gasteiger partial charge in [0, 0.05) is 11.1 Å². The van der Waals surface area contributed by atoms with Gasteiger partial charge in [0.2, 0.25) is 5.78 Å². The van der Waals surface area contributed by atoms with Crippen molar-refractivity contribution in [3.63, 3.8) is 0 Å². The van der Waals surface area contributed by atoms with Gasteiger partial charge >= 0.3 is 0 Å². The first kappa shape index (κ1) is 12.6. The summed E-state index contributed by atoms with van der Waals surface area (Å²) in [5, 5.41) is 10.0. The van der Waals surface area contributed by atoms with E-state index in [0.717, 1.165) is 0 Å². The summed E-state index contributed by atoms with van der Waals surface area (Å²) in [5.74, 6) is -1.10. The van der Waals surface area contributed by atoms with E-state index in [0.29, 0.717) is 12.0 Å². The molecule has 0 atom stereocenters. The fraction of sp³-hybridized carbons (Fsp3) is 0.333. The monoisotopic (exact) mass is 244 g/mol. The molecule has 94 valence electrons. The smallest absolute Gasteiger partial charge is 0.228 e. The van der Waals surface area contributed by atoms with Crippen LogP contribution in [0.2, 0.25) is 0 Å². The fourth-order valence-electron chi connectivity index (χ4n) is 2.17. The highest BCUT2D eigenvalue weighted by Crippen LogP contribution is 2.38. The van der Waals surface area contributed by atoms with Gasteiger partial charge in [-0.1, -0.05) is 45.0 Å². The van der Waals surface area contributed by atoms with E-state index < -0.39 is 17.0 Å². The minimum absolute atomic E-state index is 0.230. The molecule has 0 spiro atoms. The van der Waals surface area contributed by atoms with Crippen molar-refractivity contribution in [2.75, 3.05) is 0 Å². The summed E-state index contributed by atoms with van der Waals surface area (Å²) in [4.78, 5) is 24.5. The molecular weight excluding hydrogens is 228 g/mol. The quantitative estimate of drug-likeness (QED) is 0.868. The minimum Gasteiger partial charge on any atom is -0.504 e. The third kappa shape index (κ3) is 1.67. The molecule has 0 amide bonds. The number of rotatable bonds is 2. The van der Waals surface area contributed by atoms with Gasteiger partial charge in [0.05, 0.1) is 5.57 Å². The van der Waals surface area contributed by atoms with Crippen molar-refractivity contribution < 1.29 is 14.7 Å². The molecule has 0 aromatic heterocycles. The predicted molar refractivity (Wildman–Crippen MR) is 68.8 cm³/mol. The van der Waals surface area contributed by atoms with E-state index in [4.69, 9.17) is 0 Å². The zero-order valence-corrected chi connectivity index (χ0v) is 10.8. The summed E-state index contributed by atoms with van der Waals surface area (Å²) in [6.45, 7) is 5.65. The number of ketones is 2. The van der Waals surface area contributed by atoms with Crippen LogP contribution in [-0.4, -0.2) is 16.7 Å². The summed E-state index contributed by atoms with van der Waals surface area (Å²) in [7, 11) is 0. The van der Waals surface area contributed by atoms with E-state index >= 15 is 0 Å². The second-order valence-electron chi connectivity index (χ2n) is 5.16. The number of Topliss-reactive ketones (excluding diaryl/α,β-unsaturated/α-hetero) is 2. The molecule has 0 fully saturated rings. The Morgan fingerprint density at radius 1 is 1.06 bits per heavy atom. The molecule has 0 aliphatic heterocycles. The van der Waals surface area contributed by atoms with E-state index in [9.17, 15) is 14.7 Å². The molecule has 0 saturated carbocycles. The van der Waals surface area contributed by atoms with Gasteiger partial charge < -0.3 is 5.11 Å². The van der Waals surface area contributed by atoms with E-state index in [1.54, 1.807) is 24.3 Å². The molecule has 1 aliphatic rings. The van der Waals surface area contributed by atoms with Gasteiger partial charge in [0.1, 0.15) is 0 Å². The van der Waals surface area contributed by atoms with Gasteiger partial charge in [-0.15, -0.1) is 0 Å². The Kier molecular flexibility index (Phi) is 2.85. The number of hydrogen-bond donors (Lipinski definition) is 1. The first-order valence-corrected chi connectivity index (χ1v) is 6.02. The Morgan fingerprint density at radius 2 is 1.56 bits per heavy atom. The highest BCUT2D eigenvalue weighted by molar-refractivity contribution is 6.26. The van der Waals surface area contributed by atoms with Gasteiger partial charge in [-0.2, -0.15) is 0 Å². The SMILES string of the molecule is CCC(C)(C)C1=C(O)C(=O)c2ccccc2C1=O. The molecule has 0 heterocycles. The molecule has 1 aliphatic carbocycles. The van der Waals surface area contributed by atoms with E-state index in [1.165, 1.54) is 0 Å². The molecule has 1 N–H and O–H groups in total. The van der Waals surface area contributed by atoms with Gasteiger partial charge in [0.15, 0.2) is 11.5 Å². The Hall–Kier alpha value is -1.90. The molecule has 0 bridgehead atoms. The zero-order valence-electron chi connectivity index (χ0n) is 10.8. The molecule has 0 saturated heterocycles. The maximum absolute atomic E-state index is 12.4. The molecule has 18 heavy (non-hydrogen) atoms. The standard InChI is InChI=1S/C15H16O3/c1-4-15(2,3)11-12(16)9-7-5-6-8-10(9)13(17)14(11)18/h5-8,18H,4H2,1-3H3. The third-order valence-corrected chi connectivity index (χ3v) is 3.66. The van der Waals surface area contributed by atoms with Crippen molar-refractivity contribution in [1.29, 1.82) is 0 Å². The number of allylic oxidation sites excluding steroid dienone is 2. The first-order chi connectivity index (χ1) is 8.40. The Labute approximate surface area is 106 Å². The molecular formula is C15H16O3. The summed E-state index contributed by atoms with van der Waals surface area (Å²) in [5.41, 5.74) is 0.394. The second kappa shape index (κ2) is 4.09. The van der Waals surface area contributed by atoms with Crippen molar-refractivity contribution in [3.05, 3.63) is 46.7 Å². The second-order valence-corrected chi connectivity index (χ2v) is 5.16. The molecule has 0 radical (unpaired) electrons. The molecule has 1 aromatic carbocycles. The lowest BCUT2D eigenvalue weighted by atomic mass is 9.73. The minimum atomic E-state index is -0.510. The summed E-state index contributed by atoms with van der Waals surface area (Å²) in [6.07, 6.45) is 0.674. The average molecular weight is 244 g/mol. The lowest BCUT2D eigenvalue weighted by molar-refractivity contribution is 0.0907. The maximum atomic E-state index is 12.4. The predicted octanol–water partition coefficient (Wildman–Crippen LogP) is 3.31. The first-order valence-electron chi connectivity index (χ1n) is 6.02. The molecule has 3 nitrogen and oxygen atoms in total. The van der Waals surface area contributed by atoms with Gasteiger partial charge in [-0.3, -0.25) is 9.59 Å². The largest absolute Gasteiger partial charge is 0.504 e. The number of aliphatic hydroxyl groups is 1. The van der Waals surface area contributed by atoms with Crippen LogP contribution < -0.4 is 0 Å². The van der Waals surface area contributed by atoms with E-state index in [-0.39, 0.29) is 16.9 Å². The lowest BCUT2D eigenvalue weighted by Crippen LogP contribution is -2.30. The van der Waals surface area contributed by atoms with Crippen LogP contribution in [0, 0.1) is 5.41 Å². The Balaban J connectivity index is 2.68. The van der Waals surface area contributed by atoms with Gasteiger partial charge in [-0.25, -0.2) is 0 Å². The van der Waals surface area contributed by atoms with Crippen molar-refractivity contribution in [2.24, 2.45) is 5.41 Å².